The van der Waals surface area contributed by atoms with E-state index >= 15 is 0 Å². The number of thiophene rings is 1. The first-order chi connectivity index (χ1) is 17.4. The molecule has 0 aliphatic heterocycles. The van der Waals surface area contributed by atoms with Gasteiger partial charge >= 0.3 is 0 Å². The Kier molecular flexibility index (Phi) is 3.85. The Morgan fingerprint density at radius 1 is 0.486 bits per heavy atom. The highest BCUT2D eigenvalue weighted by molar-refractivity contribution is 7.26. The molecule has 0 amide bonds. The summed E-state index contributed by atoms with van der Waals surface area (Å²) >= 11 is 1.89. The minimum atomic E-state index is 1.18. The Bertz CT molecular complexity index is 2050. The van der Waals surface area contributed by atoms with Crippen LogP contribution in [0.15, 0.2) is 121 Å². The van der Waals surface area contributed by atoms with Crippen LogP contribution in [-0.2, 0) is 0 Å². The molecule has 0 unspecified atom stereocenters. The third-order valence-corrected chi connectivity index (χ3v) is 8.37. The van der Waals surface area contributed by atoms with Crippen molar-refractivity contribution in [2.24, 2.45) is 0 Å². The van der Waals surface area contributed by atoms with Crippen molar-refractivity contribution in [2.45, 2.75) is 0 Å². The van der Waals surface area contributed by atoms with Crippen molar-refractivity contribution in [1.29, 1.82) is 0 Å². The lowest BCUT2D eigenvalue weighted by Crippen LogP contribution is -1.95. The quantitative estimate of drug-likeness (QED) is 0.241. The highest BCUT2D eigenvalue weighted by Gasteiger charge is 2.19. The minimum absolute atomic E-state index is 1.18. The molecule has 0 atom stereocenters. The Morgan fingerprint density at radius 3 is 2.17 bits per heavy atom. The average Bonchev–Trinajstić information content (AvgIpc) is 3.61. The summed E-state index contributed by atoms with van der Waals surface area (Å²) < 4.78 is 7.43. The molecule has 8 aromatic rings. The van der Waals surface area contributed by atoms with Crippen LogP contribution in [0.5, 0.6) is 0 Å². The molecular formula is C32H20N2S. The molecule has 5 aromatic carbocycles. The van der Waals surface area contributed by atoms with Crippen molar-refractivity contribution in [3.05, 3.63) is 121 Å². The van der Waals surface area contributed by atoms with E-state index in [1.165, 1.54) is 64.3 Å². The highest BCUT2D eigenvalue weighted by Crippen LogP contribution is 2.42. The lowest BCUT2D eigenvalue weighted by molar-refractivity contribution is 1.13. The molecule has 0 bridgehead atoms. The van der Waals surface area contributed by atoms with E-state index in [4.69, 9.17) is 0 Å². The zero-order valence-corrected chi connectivity index (χ0v) is 19.7. The van der Waals surface area contributed by atoms with Gasteiger partial charge in [0.1, 0.15) is 0 Å². The van der Waals surface area contributed by atoms with Gasteiger partial charge in [0.25, 0.3) is 0 Å². The molecule has 3 heteroatoms. The molecule has 3 aromatic heterocycles. The zero-order valence-electron chi connectivity index (χ0n) is 18.8. The minimum Gasteiger partial charge on any atom is -0.316 e. The summed E-state index contributed by atoms with van der Waals surface area (Å²) in [6.45, 7) is 0. The summed E-state index contributed by atoms with van der Waals surface area (Å²) in [5.74, 6) is 0. The number of aromatic nitrogens is 2. The maximum atomic E-state index is 2.49. The summed E-state index contributed by atoms with van der Waals surface area (Å²) in [6.07, 6.45) is 2.20. The van der Waals surface area contributed by atoms with Crippen LogP contribution < -0.4 is 0 Å². The Hall–Kier alpha value is -4.34. The summed E-state index contributed by atoms with van der Waals surface area (Å²) in [6, 6.07) is 41.7. The van der Waals surface area contributed by atoms with Crippen LogP contribution in [0.4, 0.5) is 0 Å². The van der Waals surface area contributed by atoms with Crippen LogP contribution >= 0.6 is 11.3 Å². The van der Waals surface area contributed by atoms with Gasteiger partial charge in [0.05, 0.1) is 26.9 Å². The maximum Gasteiger partial charge on any atom is 0.0641 e. The van der Waals surface area contributed by atoms with Crippen molar-refractivity contribution in [3.63, 3.8) is 0 Å². The molecule has 0 aliphatic carbocycles. The van der Waals surface area contributed by atoms with Gasteiger partial charge in [-0.2, -0.15) is 0 Å². The molecule has 35 heavy (non-hydrogen) atoms. The fraction of sp³-hybridized carbons (Fsp3) is 0. The first kappa shape index (κ1) is 19.0. The molecule has 0 N–H and O–H groups in total. The third kappa shape index (κ3) is 2.59. The molecule has 164 valence electrons. The largest absolute Gasteiger partial charge is 0.316 e. The summed E-state index contributed by atoms with van der Waals surface area (Å²) in [5, 5.41) is 6.49. The number of fused-ring (bicyclic) bond motifs is 8. The predicted molar refractivity (Wildman–Crippen MR) is 151 cm³/mol. The van der Waals surface area contributed by atoms with Crippen LogP contribution in [0.25, 0.3) is 64.3 Å². The lowest BCUT2D eigenvalue weighted by Gasteiger charge is -2.11. The predicted octanol–water partition coefficient (Wildman–Crippen LogP) is 9.10. The molecule has 3 heterocycles. The standard InChI is InChI=1S/C32H20N2S/c1-2-9-21(10-3-1)33-20-19-26-27(33)18-17-24-22-11-4-6-14-28(22)34(31(24)26)29-15-8-13-25-23-12-5-7-16-30(23)35-32(25)29/h1-20H. The van der Waals surface area contributed by atoms with Crippen LogP contribution in [0, 0.1) is 0 Å². The van der Waals surface area contributed by atoms with Gasteiger partial charge in [0.15, 0.2) is 0 Å². The van der Waals surface area contributed by atoms with E-state index in [2.05, 4.69) is 131 Å². The van der Waals surface area contributed by atoms with E-state index in [1.807, 2.05) is 11.3 Å². The number of benzene rings is 5. The first-order valence-electron chi connectivity index (χ1n) is 11.9. The van der Waals surface area contributed by atoms with Crippen LogP contribution in [-0.4, -0.2) is 9.13 Å². The summed E-state index contributed by atoms with van der Waals surface area (Å²) in [7, 11) is 0. The molecule has 0 aliphatic rings. The number of nitrogens with zero attached hydrogens (tertiary/aromatic N) is 2. The number of hydrogen-bond acceptors (Lipinski definition) is 1. The summed E-state index contributed by atoms with van der Waals surface area (Å²) in [5.41, 5.74) is 6.15. The Morgan fingerprint density at radius 2 is 1.26 bits per heavy atom. The van der Waals surface area contributed by atoms with Crippen molar-refractivity contribution >= 4 is 64.2 Å². The van der Waals surface area contributed by atoms with E-state index < -0.39 is 0 Å². The van der Waals surface area contributed by atoms with E-state index in [1.54, 1.807) is 0 Å². The molecule has 0 fully saturated rings. The Labute approximate surface area is 205 Å². The fourth-order valence-corrected chi connectivity index (χ4v) is 6.85. The van der Waals surface area contributed by atoms with Gasteiger partial charge in [-0.1, -0.05) is 72.8 Å². The number of hydrogen-bond donors (Lipinski definition) is 0. The van der Waals surface area contributed by atoms with Crippen molar-refractivity contribution < 1.29 is 0 Å². The fourth-order valence-electron chi connectivity index (χ4n) is 5.65. The van der Waals surface area contributed by atoms with Gasteiger partial charge in [-0.05, 0) is 42.5 Å². The lowest BCUT2D eigenvalue weighted by atomic mass is 10.1. The molecular weight excluding hydrogens is 444 g/mol. The molecule has 0 saturated carbocycles. The monoisotopic (exact) mass is 464 g/mol. The molecule has 0 radical (unpaired) electrons. The van der Waals surface area contributed by atoms with Gasteiger partial charge in [-0.25, -0.2) is 0 Å². The van der Waals surface area contributed by atoms with Gasteiger partial charge in [-0.3, -0.25) is 0 Å². The number of rotatable bonds is 2. The molecule has 8 rings (SSSR count). The van der Waals surface area contributed by atoms with Crippen LogP contribution in [0.3, 0.4) is 0 Å². The first-order valence-corrected chi connectivity index (χ1v) is 12.7. The second-order valence-electron chi connectivity index (χ2n) is 9.02. The second kappa shape index (κ2) is 7.08. The zero-order chi connectivity index (χ0) is 22.9. The van der Waals surface area contributed by atoms with Crippen molar-refractivity contribution in [1.82, 2.24) is 9.13 Å². The van der Waals surface area contributed by atoms with E-state index in [9.17, 15) is 0 Å². The third-order valence-electron chi connectivity index (χ3n) is 7.16. The maximum absolute atomic E-state index is 2.49. The van der Waals surface area contributed by atoms with Gasteiger partial charge in [0.2, 0.25) is 0 Å². The normalized spacial score (nSPS) is 12.0. The van der Waals surface area contributed by atoms with Crippen molar-refractivity contribution in [2.75, 3.05) is 0 Å². The van der Waals surface area contributed by atoms with Crippen molar-refractivity contribution in [3.8, 4) is 11.4 Å². The van der Waals surface area contributed by atoms with Crippen LogP contribution in [0.1, 0.15) is 0 Å². The van der Waals surface area contributed by atoms with Crippen LogP contribution in [0.2, 0.25) is 0 Å². The Balaban J connectivity index is 1.55. The topological polar surface area (TPSA) is 9.86 Å². The van der Waals surface area contributed by atoms with Gasteiger partial charge in [-0.15, -0.1) is 11.3 Å². The van der Waals surface area contributed by atoms with Gasteiger partial charge < -0.3 is 9.13 Å². The number of para-hydroxylation sites is 2. The van der Waals surface area contributed by atoms with Gasteiger partial charge in [0, 0.05) is 43.5 Å². The highest BCUT2D eigenvalue weighted by atomic mass is 32.1. The molecule has 0 spiro atoms. The second-order valence-corrected chi connectivity index (χ2v) is 10.1. The SMILES string of the molecule is c1ccc(-n2ccc3c2ccc2c4ccccc4n(-c4cccc5c4sc4ccccc45)c23)cc1. The molecule has 0 saturated heterocycles. The van der Waals surface area contributed by atoms with E-state index in [0.29, 0.717) is 0 Å². The smallest absolute Gasteiger partial charge is 0.0641 e. The van der Waals surface area contributed by atoms with E-state index in [-0.39, 0.29) is 0 Å². The summed E-state index contributed by atoms with van der Waals surface area (Å²) in [4.78, 5) is 0. The molecule has 2 nitrogen and oxygen atoms in total. The van der Waals surface area contributed by atoms with E-state index in [0.717, 1.165) is 0 Å². The average molecular weight is 465 g/mol.